The highest BCUT2D eigenvalue weighted by Gasteiger charge is 2.19. The van der Waals surface area contributed by atoms with Crippen molar-refractivity contribution in [3.63, 3.8) is 0 Å². The van der Waals surface area contributed by atoms with Crippen LogP contribution in [-0.4, -0.2) is 25.8 Å². The maximum atomic E-state index is 14.0. The lowest BCUT2D eigenvalue weighted by Crippen LogP contribution is -1.97. The average molecular weight is 314 g/mol. The number of H-pyrrole nitrogens is 1. The number of aromatic amines is 1. The van der Waals surface area contributed by atoms with Gasteiger partial charge >= 0.3 is 0 Å². The monoisotopic (exact) mass is 314 g/mol. The molecule has 0 aliphatic heterocycles. The van der Waals surface area contributed by atoms with Gasteiger partial charge in [-0.15, -0.1) is 0 Å². The number of nitrogens with zero attached hydrogens (tertiary/aromatic N) is 3. The van der Waals surface area contributed by atoms with Gasteiger partial charge in [0.05, 0.1) is 11.1 Å². The van der Waals surface area contributed by atoms with Crippen molar-refractivity contribution < 1.29 is 13.9 Å². The normalized spacial score (nSPS) is 11.9. The van der Waals surface area contributed by atoms with Gasteiger partial charge in [0.2, 0.25) is 5.88 Å². The lowest BCUT2D eigenvalue weighted by atomic mass is 10.1. The number of hydrogen-bond donors (Lipinski definition) is 2. The summed E-state index contributed by atoms with van der Waals surface area (Å²) in [5.41, 5.74) is 0.485. The van der Waals surface area contributed by atoms with Gasteiger partial charge in [-0.3, -0.25) is 0 Å². The van der Waals surface area contributed by atoms with Crippen molar-refractivity contribution in [2.75, 3.05) is 0 Å². The molecule has 0 radical (unpaired) electrons. The maximum Gasteiger partial charge on any atom is 0.201 e. The second-order valence-electron chi connectivity index (χ2n) is 4.82. The lowest BCUT2D eigenvalue weighted by molar-refractivity contribution is 0.462. The molecule has 0 saturated heterocycles. The van der Waals surface area contributed by atoms with E-state index >= 15 is 0 Å². The number of nitrogens with one attached hydrogen (secondary N) is 1. The Kier molecular flexibility index (Phi) is 3.61. The maximum absolute atomic E-state index is 14.0. The van der Waals surface area contributed by atoms with E-state index in [9.17, 15) is 13.9 Å². The van der Waals surface area contributed by atoms with Gasteiger partial charge < -0.3 is 10.1 Å². The molecular weight excluding hydrogens is 302 g/mol. The Morgan fingerprint density at radius 1 is 1.30 bits per heavy atom. The summed E-state index contributed by atoms with van der Waals surface area (Å²) in [7, 11) is 0. The topological polar surface area (TPSA) is 74.2 Å². The minimum atomic E-state index is -0.778. The first-order valence-corrected chi connectivity index (χ1v) is 6.71. The van der Waals surface area contributed by atoms with Crippen molar-refractivity contribution in [3.05, 3.63) is 48.7 Å². The molecule has 0 atom stereocenters. The Hall–Kier alpha value is -3.09. The molecule has 0 spiro atoms. The molecule has 2 aromatic heterocycles. The van der Waals surface area contributed by atoms with Gasteiger partial charge in [0.15, 0.2) is 11.6 Å². The van der Waals surface area contributed by atoms with E-state index in [1.807, 2.05) is 0 Å². The third kappa shape index (κ3) is 2.57. The quantitative estimate of drug-likeness (QED) is 0.720. The number of fused-ring (bicyclic) bond motifs is 1. The number of aromatic hydroxyl groups is 1. The summed E-state index contributed by atoms with van der Waals surface area (Å²) in [5, 5.41) is 10.1. The third-order valence-corrected chi connectivity index (χ3v) is 3.26. The smallest absolute Gasteiger partial charge is 0.201 e. The summed E-state index contributed by atoms with van der Waals surface area (Å²) in [4.78, 5) is 15.0. The van der Waals surface area contributed by atoms with Gasteiger partial charge in [-0.05, 0) is 25.1 Å². The second-order valence-corrected chi connectivity index (χ2v) is 4.82. The number of aliphatic imine (C=N–C) groups is 1. The van der Waals surface area contributed by atoms with Crippen LogP contribution >= 0.6 is 0 Å². The molecule has 2 N–H and O–H groups in total. The molecule has 0 aliphatic rings. The standard InChI is InChI=1S/C16H12F2N4O/c1-3-8(2)20-15-13-11(7-19-16(13)23)21-14(22-15)12-9(17)5-4-6-10(12)18/h3-7,19,23H,1H2,2H3. The van der Waals surface area contributed by atoms with E-state index in [-0.39, 0.29) is 28.5 Å². The molecule has 116 valence electrons. The molecule has 0 aliphatic carbocycles. The average Bonchev–Trinajstić information content (AvgIpc) is 2.88. The number of hydrogen-bond acceptors (Lipinski definition) is 4. The molecular formula is C16H12F2N4O. The molecule has 0 saturated carbocycles. The van der Waals surface area contributed by atoms with Crippen molar-refractivity contribution in [1.82, 2.24) is 15.0 Å². The van der Waals surface area contributed by atoms with E-state index in [0.717, 1.165) is 12.1 Å². The summed E-state index contributed by atoms with van der Waals surface area (Å²) in [5.74, 6) is -1.78. The van der Waals surface area contributed by atoms with Crippen LogP contribution in [0, 0.1) is 11.6 Å². The van der Waals surface area contributed by atoms with Crippen LogP contribution in [0.25, 0.3) is 22.3 Å². The molecule has 23 heavy (non-hydrogen) atoms. The lowest BCUT2D eigenvalue weighted by Gasteiger charge is -2.06. The van der Waals surface area contributed by atoms with Crippen molar-refractivity contribution >= 4 is 22.4 Å². The van der Waals surface area contributed by atoms with Gasteiger partial charge in [0.1, 0.15) is 17.0 Å². The Bertz CT molecular complexity index is 926. The van der Waals surface area contributed by atoms with Crippen molar-refractivity contribution in [3.8, 4) is 17.3 Å². The zero-order valence-electron chi connectivity index (χ0n) is 12.1. The fourth-order valence-electron chi connectivity index (χ4n) is 2.12. The van der Waals surface area contributed by atoms with Crippen LogP contribution in [0.5, 0.6) is 5.88 Å². The Morgan fingerprint density at radius 2 is 2.00 bits per heavy atom. The predicted octanol–water partition coefficient (Wildman–Crippen LogP) is 3.89. The second kappa shape index (κ2) is 5.60. The first-order chi connectivity index (χ1) is 11.0. The molecule has 3 aromatic rings. The number of aromatic nitrogens is 3. The van der Waals surface area contributed by atoms with E-state index in [1.54, 1.807) is 6.92 Å². The summed E-state index contributed by atoms with van der Waals surface area (Å²) in [6, 6.07) is 3.51. The van der Waals surface area contributed by atoms with Crippen LogP contribution in [0.15, 0.2) is 42.0 Å². The highest BCUT2D eigenvalue weighted by Crippen LogP contribution is 2.34. The number of allylic oxidation sites excluding steroid dienone is 1. The fraction of sp³-hybridized carbons (Fsp3) is 0.0625. The Labute approximate surface area is 130 Å². The SMILES string of the molecule is C=CC(C)=Nc1nc(-c2c(F)cccc2F)nc2c[nH]c(O)c12. The third-order valence-electron chi connectivity index (χ3n) is 3.26. The van der Waals surface area contributed by atoms with Crippen LogP contribution in [-0.2, 0) is 0 Å². The largest absolute Gasteiger partial charge is 0.494 e. The zero-order valence-corrected chi connectivity index (χ0v) is 12.1. The van der Waals surface area contributed by atoms with Gasteiger partial charge in [-0.2, -0.15) is 0 Å². The van der Waals surface area contributed by atoms with E-state index in [0.29, 0.717) is 11.2 Å². The van der Waals surface area contributed by atoms with Crippen molar-refractivity contribution in [2.24, 2.45) is 4.99 Å². The number of benzene rings is 1. The van der Waals surface area contributed by atoms with Crippen LogP contribution < -0.4 is 0 Å². The van der Waals surface area contributed by atoms with E-state index in [2.05, 4.69) is 26.5 Å². The van der Waals surface area contributed by atoms with Crippen molar-refractivity contribution in [1.29, 1.82) is 0 Å². The highest BCUT2D eigenvalue weighted by atomic mass is 19.1. The predicted molar refractivity (Wildman–Crippen MR) is 83.9 cm³/mol. The van der Waals surface area contributed by atoms with E-state index in [4.69, 9.17) is 0 Å². The highest BCUT2D eigenvalue weighted by molar-refractivity contribution is 6.00. The summed E-state index contributed by atoms with van der Waals surface area (Å²) >= 11 is 0. The minimum Gasteiger partial charge on any atom is -0.494 e. The molecule has 0 amide bonds. The number of rotatable bonds is 3. The zero-order chi connectivity index (χ0) is 16.6. The van der Waals surface area contributed by atoms with Gasteiger partial charge in [0.25, 0.3) is 0 Å². The van der Waals surface area contributed by atoms with E-state index in [1.165, 1.54) is 18.3 Å². The fourth-order valence-corrected chi connectivity index (χ4v) is 2.12. The first-order valence-electron chi connectivity index (χ1n) is 6.71. The molecule has 5 nitrogen and oxygen atoms in total. The van der Waals surface area contributed by atoms with Crippen molar-refractivity contribution in [2.45, 2.75) is 6.92 Å². The molecule has 0 fully saturated rings. The molecule has 1 aromatic carbocycles. The Morgan fingerprint density at radius 3 is 2.65 bits per heavy atom. The van der Waals surface area contributed by atoms with Crippen LogP contribution in [0.4, 0.5) is 14.6 Å². The summed E-state index contributed by atoms with van der Waals surface area (Å²) in [6.07, 6.45) is 2.91. The molecule has 2 heterocycles. The Balaban J connectivity index is 2.34. The molecule has 3 rings (SSSR count). The van der Waals surface area contributed by atoms with Crippen LogP contribution in [0.1, 0.15) is 6.92 Å². The van der Waals surface area contributed by atoms with Gasteiger partial charge in [0, 0.05) is 11.9 Å². The van der Waals surface area contributed by atoms with Gasteiger partial charge in [-0.1, -0.05) is 12.6 Å². The molecule has 0 bridgehead atoms. The van der Waals surface area contributed by atoms with Crippen LogP contribution in [0.2, 0.25) is 0 Å². The first kappa shape index (κ1) is 14.8. The van der Waals surface area contributed by atoms with Crippen LogP contribution in [0.3, 0.4) is 0 Å². The van der Waals surface area contributed by atoms with E-state index < -0.39 is 11.6 Å². The minimum absolute atomic E-state index is 0.101. The molecule has 7 heteroatoms. The van der Waals surface area contributed by atoms with Gasteiger partial charge in [-0.25, -0.2) is 23.7 Å². The molecule has 0 unspecified atom stereocenters. The number of halogens is 2. The summed E-state index contributed by atoms with van der Waals surface area (Å²) < 4.78 is 27.9. The summed E-state index contributed by atoms with van der Waals surface area (Å²) in [6.45, 7) is 5.28.